The molecular formula is C26H16Br2ClNO. The Balaban J connectivity index is 1.58. The van der Waals surface area contributed by atoms with Crippen LogP contribution < -0.4 is 4.74 Å². The Morgan fingerprint density at radius 1 is 0.903 bits per heavy atom. The maximum Gasteiger partial charge on any atom is 0.148 e. The van der Waals surface area contributed by atoms with Gasteiger partial charge in [-0.1, -0.05) is 66.2 Å². The molecule has 0 saturated carbocycles. The lowest BCUT2D eigenvalue weighted by atomic mass is 10.0. The summed E-state index contributed by atoms with van der Waals surface area (Å²) in [7, 11) is 0. The molecule has 0 unspecified atom stereocenters. The van der Waals surface area contributed by atoms with Gasteiger partial charge in [0, 0.05) is 10.6 Å². The normalized spacial score (nSPS) is 11.4. The average Bonchev–Trinajstić information content (AvgIpc) is 2.77. The molecule has 152 valence electrons. The Bertz CT molecular complexity index is 1320. The van der Waals surface area contributed by atoms with Crippen LogP contribution in [0.1, 0.15) is 16.7 Å². The topological polar surface area (TPSA) is 33.0 Å². The number of hydrogen-bond donors (Lipinski definition) is 0. The van der Waals surface area contributed by atoms with Gasteiger partial charge in [-0.15, -0.1) is 0 Å². The summed E-state index contributed by atoms with van der Waals surface area (Å²) in [5.74, 6) is 0.710. The summed E-state index contributed by atoms with van der Waals surface area (Å²) in [6.45, 7) is 0.445. The maximum atomic E-state index is 9.62. The van der Waals surface area contributed by atoms with Crippen LogP contribution in [0, 0.1) is 11.3 Å². The smallest absolute Gasteiger partial charge is 0.148 e. The van der Waals surface area contributed by atoms with E-state index in [4.69, 9.17) is 16.3 Å². The van der Waals surface area contributed by atoms with Crippen molar-refractivity contribution < 1.29 is 4.74 Å². The van der Waals surface area contributed by atoms with Crippen molar-refractivity contribution in [3.63, 3.8) is 0 Å². The molecule has 0 heterocycles. The summed E-state index contributed by atoms with van der Waals surface area (Å²) >= 11 is 13.5. The first kappa shape index (κ1) is 21.6. The molecule has 0 aliphatic carbocycles. The molecule has 4 aromatic carbocycles. The molecule has 0 saturated heterocycles. The van der Waals surface area contributed by atoms with Gasteiger partial charge in [0.2, 0.25) is 0 Å². The van der Waals surface area contributed by atoms with Gasteiger partial charge in [0.15, 0.2) is 0 Å². The number of ether oxygens (including phenoxy) is 1. The highest BCUT2D eigenvalue weighted by atomic mass is 79.9. The van der Waals surface area contributed by atoms with E-state index in [0.29, 0.717) is 28.5 Å². The van der Waals surface area contributed by atoms with E-state index in [2.05, 4.69) is 68.3 Å². The van der Waals surface area contributed by atoms with Crippen molar-refractivity contribution in [2.45, 2.75) is 6.61 Å². The zero-order valence-electron chi connectivity index (χ0n) is 16.3. The second-order valence-corrected chi connectivity index (χ2v) is 9.05. The Labute approximate surface area is 203 Å². The van der Waals surface area contributed by atoms with Gasteiger partial charge < -0.3 is 4.74 Å². The molecule has 4 aromatic rings. The maximum absolute atomic E-state index is 9.62. The van der Waals surface area contributed by atoms with E-state index in [1.54, 1.807) is 6.07 Å². The molecule has 0 amide bonds. The number of hydrogen-bond acceptors (Lipinski definition) is 2. The van der Waals surface area contributed by atoms with Crippen LogP contribution in [0.25, 0.3) is 22.4 Å². The summed E-state index contributed by atoms with van der Waals surface area (Å²) in [4.78, 5) is 0. The van der Waals surface area contributed by atoms with E-state index < -0.39 is 0 Å². The zero-order chi connectivity index (χ0) is 21.8. The third kappa shape index (κ3) is 5.02. The van der Waals surface area contributed by atoms with Crippen molar-refractivity contribution in [3.8, 4) is 11.8 Å². The quantitative estimate of drug-likeness (QED) is 0.183. The van der Waals surface area contributed by atoms with Crippen LogP contribution in [0.2, 0.25) is 5.02 Å². The van der Waals surface area contributed by atoms with Crippen molar-refractivity contribution in [2.75, 3.05) is 0 Å². The van der Waals surface area contributed by atoms with E-state index >= 15 is 0 Å². The summed E-state index contributed by atoms with van der Waals surface area (Å²) < 4.78 is 7.69. The van der Waals surface area contributed by atoms with Gasteiger partial charge in [-0.3, -0.25) is 0 Å². The Hall–Kier alpha value is -2.58. The largest absolute Gasteiger partial charge is 0.487 e. The number of nitriles is 1. The molecule has 4 rings (SSSR count). The van der Waals surface area contributed by atoms with Crippen molar-refractivity contribution in [1.29, 1.82) is 5.26 Å². The van der Waals surface area contributed by atoms with Crippen molar-refractivity contribution >= 4 is 65.9 Å². The SMILES string of the molecule is N#CC(=Cc1cc(Br)c(OCc2ccc3ccccc3c2)c(Br)c1)c1ccccc1Cl. The fourth-order valence-corrected chi connectivity index (χ4v) is 4.99. The first-order chi connectivity index (χ1) is 15.0. The zero-order valence-corrected chi connectivity index (χ0v) is 20.2. The summed E-state index contributed by atoms with van der Waals surface area (Å²) in [6, 6.07) is 28.0. The molecular weight excluding hydrogens is 538 g/mol. The van der Waals surface area contributed by atoms with Gasteiger partial charge in [0.25, 0.3) is 0 Å². The van der Waals surface area contributed by atoms with Crippen LogP contribution in [0.3, 0.4) is 0 Å². The third-order valence-corrected chi connectivity index (χ3v) is 6.32. The molecule has 0 aromatic heterocycles. The van der Waals surface area contributed by atoms with Crippen LogP contribution >= 0.6 is 43.5 Å². The molecule has 0 bridgehead atoms. The summed E-state index contributed by atoms with van der Waals surface area (Å²) in [6.07, 6.45) is 1.81. The van der Waals surface area contributed by atoms with Crippen LogP contribution in [0.5, 0.6) is 5.75 Å². The van der Waals surface area contributed by atoms with Crippen LogP contribution in [0.4, 0.5) is 0 Å². The lowest BCUT2D eigenvalue weighted by molar-refractivity contribution is 0.302. The van der Waals surface area contributed by atoms with Crippen molar-refractivity contribution in [3.05, 3.63) is 110 Å². The Kier molecular flexibility index (Phi) is 6.77. The molecule has 0 atom stereocenters. The standard InChI is InChI=1S/C26H16Br2ClNO/c27-23-13-18(12-21(15-30)22-7-3-4-8-25(22)29)14-24(28)26(23)31-16-17-9-10-19-5-1-2-6-20(19)11-17/h1-14H,16H2. The van der Waals surface area contributed by atoms with Crippen LogP contribution in [-0.2, 0) is 6.61 Å². The minimum absolute atomic E-state index is 0.445. The molecule has 0 aliphatic rings. The van der Waals surface area contributed by atoms with Gasteiger partial charge in [-0.05, 0) is 84.1 Å². The average molecular weight is 554 g/mol. The van der Waals surface area contributed by atoms with Crippen molar-refractivity contribution in [1.82, 2.24) is 0 Å². The monoisotopic (exact) mass is 551 g/mol. The second-order valence-electron chi connectivity index (χ2n) is 6.93. The van der Waals surface area contributed by atoms with E-state index in [9.17, 15) is 5.26 Å². The molecule has 0 fully saturated rings. The van der Waals surface area contributed by atoms with E-state index in [1.807, 2.05) is 48.5 Å². The fourth-order valence-electron chi connectivity index (χ4n) is 3.30. The third-order valence-electron chi connectivity index (χ3n) is 4.81. The highest BCUT2D eigenvalue weighted by Gasteiger charge is 2.11. The summed E-state index contributed by atoms with van der Waals surface area (Å²) in [5.41, 5.74) is 3.14. The number of halogens is 3. The number of allylic oxidation sites excluding steroid dienone is 1. The first-order valence-corrected chi connectivity index (χ1v) is 11.5. The van der Waals surface area contributed by atoms with Gasteiger partial charge in [0.05, 0.1) is 20.6 Å². The molecule has 2 nitrogen and oxygen atoms in total. The predicted octanol–water partition coefficient (Wildman–Crippen LogP) is 8.66. The van der Waals surface area contributed by atoms with Gasteiger partial charge in [-0.2, -0.15) is 5.26 Å². The predicted molar refractivity (Wildman–Crippen MR) is 135 cm³/mol. The first-order valence-electron chi connectivity index (χ1n) is 9.51. The number of rotatable bonds is 5. The highest BCUT2D eigenvalue weighted by Crippen LogP contribution is 2.37. The van der Waals surface area contributed by atoms with Gasteiger partial charge in [-0.25, -0.2) is 0 Å². The number of benzene rings is 4. The molecule has 0 aliphatic heterocycles. The molecule has 0 N–H and O–H groups in total. The minimum Gasteiger partial charge on any atom is -0.487 e. The Morgan fingerprint density at radius 2 is 1.58 bits per heavy atom. The van der Waals surface area contributed by atoms with Crippen molar-refractivity contribution in [2.24, 2.45) is 0 Å². The summed E-state index contributed by atoms with van der Waals surface area (Å²) in [5, 5.41) is 12.6. The van der Waals surface area contributed by atoms with E-state index in [0.717, 1.165) is 20.1 Å². The molecule has 0 radical (unpaired) electrons. The highest BCUT2D eigenvalue weighted by molar-refractivity contribution is 9.11. The molecule has 0 spiro atoms. The van der Waals surface area contributed by atoms with E-state index in [-0.39, 0.29) is 0 Å². The van der Waals surface area contributed by atoms with Gasteiger partial charge in [0.1, 0.15) is 12.4 Å². The Morgan fingerprint density at radius 3 is 2.29 bits per heavy atom. The second kappa shape index (κ2) is 9.70. The fraction of sp³-hybridized carbons (Fsp3) is 0.0385. The van der Waals surface area contributed by atoms with Gasteiger partial charge >= 0.3 is 0 Å². The number of nitrogens with zero attached hydrogens (tertiary/aromatic N) is 1. The number of fused-ring (bicyclic) bond motifs is 1. The van der Waals surface area contributed by atoms with Crippen LogP contribution in [-0.4, -0.2) is 0 Å². The minimum atomic E-state index is 0.445. The molecule has 5 heteroatoms. The lowest BCUT2D eigenvalue weighted by Crippen LogP contribution is -1.97. The molecule has 31 heavy (non-hydrogen) atoms. The van der Waals surface area contributed by atoms with E-state index in [1.165, 1.54) is 10.8 Å². The van der Waals surface area contributed by atoms with Crippen LogP contribution in [0.15, 0.2) is 87.8 Å². The lowest BCUT2D eigenvalue weighted by Gasteiger charge is -2.12.